The molecule has 2 rings (SSSR count). The number of benzene rings is 2. The zero-order valence-corrected chi connectivity index (χ0v) is 20.5. The summed E-state index contributed by atoms with van der Waals surface area (Å²) in [4.78, 5) is 0. The fourth-order valence-corrected chi connectivity index (χ4v) is 1.47. The average molecular weight is 423 g/mol. The van der Waals surface area contributed by atoms with Gasteiger partial charge in [0.1, 0.15) is 24.7 Å². The highest BCUT2D eigenvalue weighted by atomic mass is 16.5. The molecule has 0 aliphatic rings. The monoisotopic (exact) mass is 422 g/mol. The standard InChI is InChI=1S/2C9H12O2.C4H10.2C2H6/c2*1-8(10)7-11-9-5-3-2-4-6-9;1-3-4-2;2*1-2/h2*2-6,8,10H,7H2,1H3;3-4H2,1-2H3;2*1-2H3. The summed E-state index contributed by atoms with van der Waals surface area (Å²) in [7, 11) is 0. The molecule has 0 aliphatic heterocycles. The quantitative estimate of drug-likeness (QED) is 0.518. The molecule has 0 amide bonds. The third-order valence-corrected chi connectivity index (χ3v) is 2.97. The summed E-state index contributed by atoms with van der Waals surface area (Å²) >= 11 is 0. The number of aliphatic hydroxyl groups is 2. The van der Waals surface area contributed by atoms with Crippen LogP contribution in [0.15, 0.2) is 60.7 Å². The normalized spacial score (nSPS) is 10.6. The molecule has 2 unspecified atom stereocenters. The van der Waals surface area contributed by atoms with Gasteiger partial charge in [-0.1, -0.05) is 90.8 Å². The molecule has 0 saturated heterocycles. The second-order valence-corrected chi connectivity index (χ2v) is 5.95. The molecular weight excluding hydrogens is 376 g/mol. The minimum atomic E-state index is -0.407. The lowest BCUT2D eigenvalue weighted by Crippen LogP contribution is -2.12. The highest BCUT2D eigenvalue weighted by Gasteiger charge is 1.96. The summed E-state index contributed by atoms with van der Waals surface area (Å²) in [6, 6.07) is 18.9. The van der Waals surface area contributed by atoms with Crippen molar-refractivity contribution in [2.45, 2.75) is 80.4 Å². The van der Waals surface area contributed by atoms with Gasteiger partial charge in [0.2, 0.25) is 0 Å². The van der Waals surface area contributed by atoms with Gasteiger partial charge >= 0.3 is 0 Å². The maximum atomic E-state index is 8.89. The topological polar surface area (TPSA) is 58.9 Å². The minimum absolute atomic E-state index is 0.351. The smallest absolute Gasteiger partial charge is 0.119 e. The molecule has 0 fully saturated rings. The fraction of sp³-hybridized carbons (Fsp3) is 0.538. The highest BCUT2D eigenvalue weighted by Crippen LogP contribution is 2.08. The number of rotatable bonds is 7. The molecule has 0 bridgehead atoms. The SMILES string of the molecule is CC.CC.CC(O)COc1ccccc1.CC(O)COc1ccccc1.CCCC. The van der Waals surface area contributed by atoms with E-state index in [9.17, 15) is 0 Å². The zero-order valence-electron chi connectivity index (χ0n) is 20.5. The number of unbranched alkanes of at least 4 members (excludes halogenated alkanes) is 1. The van der Waals surface area contributed by atoms with E-state index in [0.717, 1.165) is 11.5 Å². The molecule has 2 N–H and O–H groups in total. The summed E-state index contributed by atoms with van der Waals surface area (Å²) in [5.41, 5.74) is 0. The predicted octanol–water partition coefficient (Wildman–Crippen LogP) is 6.75. The van der Waals surface area contributed by atoms with Crippen LogP contribution < -0.4 is 9.47 Å². The van der Waals surface area contributed by atoms with Gasteiger partial charge in [0, 0.05) is 0 Å². The molecule has 0 spiro atoms. The second-order valence-electron chi connectivity index (χ2n) is 5.95. The first-order chi connectivity index (χ1) is 14.5. The van der Waals surface area contributed by atoms with Crippen LogP contribution in [0.5, 0.6) is 11.5 Å². The van der Waals surface area contributed by atoms with Gasteiger partial charge in [0.05, 0.1) is 12.2 Å². The van der Waals surface area contributed by atoms with Gasteiger partial charge in [-0.05, 0) is 38.1 Å². The highest BCUT2D eigenvalue weighted by molar-refractivity contribution is 5.21. The molecule has 2 atom stereocenters. The Balaban J connectivity index is -0.000000363. The van der Waals surface area contributed by atoms with Crippen molar-refractivity contribution in [1.82, 2.24) is 0 Å². The number of para-hydroxylation sites is 2. The summed E-state index contributed by atoms with van der Waals surface area (Å²) in [5.74, 6) is 1.60. The van der Waals surface area contributed by atoms with Crippen LogP contribution in [0.4, 0.5) is 0 Å². The van der Waals surface area contributed by atoms with Crippen LogP contribution in [0.25, 0.3) is 0 Å². The Morgan fingerprint density at radius 2 is 0.867 bits per heavy atom. The van der Waals surface area contributed by atoms with Crippen LogP contribution in [-0.4, -0.2) is 35.6 Å². The van der Waals surface area contributed by atoms with Crippen LogP contribution >= 0.6 is 0 Å². The minimum Gasteiger partial charge on any atom is -0.491 e. The molecule has 4 heteroatoms. The second kappa shape index (κ2) is 27.0. The number of hydrogen-bond donors (Lipinski definition) is 2. The van der Waals surface area contributed by atoms with Crippen molar-refractivity contribution in [3.8, 4) is 11.5 Å². The number of aliphatic hydroxyl groups excluding tert-OH is 2. The first-order valence-electron chi connectivity index (χ1n) is 11.2. The summed E-state index contributed by atoms with van der Waals surface area (Å²) in [6.07, 6.45) is 1.82. The van der Waals surface area contributed by atoms with Crippen molar-refractivity contribution in [1.29, 1.82) is 0 Å². The zero-order chi connectivity index (χ0) is 23.6. The van der Waals surface area contributed by atoms with Crippen molar-refractivity contribution in [2.75, 3.05) is 13.2 Å². The Labute approximate surface area is 185 Å². The number of ether oxygens (including phenoxy) is 2. The molecule has 30 heavy (non-hydrogen) atoms. The average Bonchev–Trinajstić information content (AvgIpc) is 2.81. The van der Waals surface area contributed by atoms with Crippen molar-refractivity contribution in [3.63, 3.8) is 0 Å². The summed E-state index contributed by atoms with van der Waals surface area (Å²) in [5, 5.41) is 17.8. The van der Waals surface area contributed by atoms with E-state index in [-0.39, 0.29) is 0 Å². The van der Waals surface area contributed by atoms with E-state index >= 15 is 0 Å². The van der Waals surface area contributed by atoms with Crippen molar-refractivity contribution >= 4 is 0 Å². The van der Waals surface area contributed by atoms with E-state index in [1.165, 1.54) is 12.8 Å². The molecule has 4 nitrogen and oxygen atoms in total. The van der Waals surface area contributed by atoms with E-state index in [1.54, 1.807) is 13.8 Å². The fourth-order valence-electron chi connectivity index (χ4n) is 1.47. The van der Waals surface area contributed by atoms with E-state index in [1.807, 2.05) is 88.4 Å². The number of hydrogen-bond acceptors (Lipinski definition) is 4. The van der Waals surface area contributed by atoms with Gasteiger partial charge in [0.15, 0.2) is 0 Å². The van der Waals surface area contributed by atoms with E-state index in [2.05, 4.69) is 13.8 Å². The molecule has 174 valence electrons. The van der Waals surface area contributed by atoms with E-state index in [0.29, 0.717) is 13.2 Å². The third-order valence-electron chi connectivity index (χ3n) is 2.97. The molecule has 2 aromatic carbocycles. The van der Waals surface area contributed by atoms with Crippen LogP contribution in [-0.2, 0) is 0 Å². The van der Waals surface area contributed by atoms with Crippen molar-refractivity contribution < 1.29 is 19.7 Å². The Bertz CT molecular complexity index is 464. The first-order valence-corrected chi connectivity index (χ1v) is 11.2. The molecule has 0 aliphatic carbocycles. The summed E-state index contributed by atoms with van der Waals surface area (Å²) in [6.45, 7) is 16.5. The molecule has 0 aromatic heterocycles. The third kappa shape index (κ3) is 26.0. The van der Waals surface area contributed by atoms with Gasteiger partial charge in [-0.25, -0.2) is 0 Å². The molecule has 0 radical (unpaired) electrons. The molecule has 2 aromatic rings. The van der Waals surface area contributed by atoms with Crippen LogP contribution in [0.3, 0.4) is 0 Å². The van der Waals surface area contributed by atoms with Crippen molar-refractivity contribution in [2.24, 2.45) is 0 Å². The lowest BCUT2D eigenvalue weighted by molar-refractivity contribution is 0.122. The van der Waals surface area contributed by atoms with Gasteiger partial charge in [0.25, 0.3) is 0 Å². The lowest BCUT2D eigenvalue weighted by atomic mass is 10.3. The van der Waals surface area contributed by atoms with Crippen LogP contribution in [0.1, 0.15) is 68.2 Å². The maximum absolute atomic E-state index is 8.89. The molecule has 0 saturated carbocycles. The maximum Gasteiger partial charge on any atom is 0.119 e. The van der Waals surface area contributed by atoms with Gasteiger partial charge in [-0.2, -0.15) is 0 Å². The summed E-state index contributed by atoms with van der Waals surface area (Å²) < 4.78 is 10.4. The van der Waals surface area contributed by atoms with Gasteiger partial charge < -0.3 is 19.7 Å². The lowest BCUT2D eigenvalue weighted by Gasteiger charge is -2.06. The van der Waals surface area contributed by atoms with Gasteiger partial charge in [-0.15, -0.1) is 0 Å². The Morgan fingerprint density at radius 3 is 1.07 bits per heavy atom. The van der Waals surface area contributed by atoms with Crippen LogP contribution in [0, 0.1) is 0 Å². The van der Waals surface area contributed by atoms with Gasteiger partial charge in [-0.3, -0.25) is 0 Å². The molecule has 0 heterocycles. The largest absolute Gasteiger partial charge is 0.491 e. The Morgan fingerprint density at radius 1 is 0.600 bits per heavy atom. The molecular formula is C26H46O4. The first kappa shape index (κ1) is 32.6. The van der Waals surface area contributed by atoms with Crippen molar-refractivity contribution in [3.05, 3.63) is 60.7 Å². The predicted molar refractivity (Wildman–Crippen MR) is 131 cm³/mol. The van der Waals surface area contributed by atoms with E-state index < -0.39 is 12.2 Å². The Kier molecular flexibility index (Phi) is 29.3. The van der Waals surface area contributed by atoms with Crippen LogP contribution in [0.2, 0.25) is 0 Å². The van der Waals surface area contributed by atoms with E-state index in [4.69, 9.17) is 19.7 Å². The Hall–Kier alpha value is -2.04.